The predicted molar refractivity (Wildman–Crippen MR) is 65.7 cm³/mol. The molecule has 0 heterocycles. The number of hydrogen-bond donors (Lipinski definition) is 1. The molecule has 1 atom stereocenters. The van der Waals surface area contributed by atoms with Gasteiger partial charge in [-0.3, -0.25) is 4.79 Å². The Hall–Kier alpha value is -0.730. The molecular formula is C12H13Cl2NO. The normalized spacial score (nSPS) is 16.9. The third-order valence-corrected chi connectivity index (χ3v) is 3.49. The number of halogens is 2. The van der Waals surface area contributed by atoms with Gasteiger partial charge in [-0.15, -0.1) is 0 Å². The van der Waals surface area contributed by atoms with Crippen LogP contribution in [0.1, 0.15) is 31.4 Å². The maximum absolute atomic E-state index is 11.6. The van der Waals surface area contributed by atoms with E-state index >= 15 is 0 Å². The molecule has 0 saturated heterocycles. The molecule has 1 N–H and O–H groups in total. The molecule has 1 aliphatic rings. The van der Waals surface area contributed by atoms with Crippen molar-refractivity contribution >= 4 is 29.1 Å². The first-order chi connectivity index (χ1) is 7.58. The van der Waals surface area contributed by atoms with Crippen molar-refractivity contribution in [3.63, 3.8) is 0 Å². The van der Waals surface area contributed by atoms with Crippen molar-refractivity contribution in [2.45, 2.75) is 25.8 Å². The van der Waals surface area contributed by atoms with Gasteiger partial charge in [-0.25, -0.2) is 0 Å². The third-order valence-electron chi connectivity index (χ3n) is 2.75. The van der Waals surface area contributed by atoms with Crippen molar-refractivity contribution in [2.75, 3.05) is 0 Å². The molecule has 0 spiro atoms. The van der Waals surface area contributed by atoms with Crippen molar-refractivity contribution in [1.82, 2.24) is 5.32 Å². The largest absolute Gasteiger partial charge is 0.349 e. The Morgan fingerprint density at radius 2 is 2.06 bits per heavy atom. The average molecular weight is 258 g/mol. The molecule has 0 aliphatic heterocycles. The standard InChI is InChI=1S/C12H13Cl2NO/c1-7(15-12(16)8-2-3-8)9-4-5-10(13)11(14)6-9/h4-8H,2-3H2,1H3,(H,15,16)/t7-/m1/s1. The minimum atomic E-state index is -0.0251. The van der Waals surface area contributed by atoms with Crippen LogP contribution < -0.4 is 5.32 Å². The first kappa shape index (κ1) is 11.7. The maximum atomic E-state index is 11.6. The molecule has 16 heavy (non-hydrogen) atoms. The lowest BCUT2D eigenvalue weighted by molar-refractivity contribution is -0.122. The van der Waals surface area contributed by atoms with E-state index in [9.17, 15) is 4.79 Å². The van der Waals surface area contributed by atoms with Gasteiger partial charge in [0.1, 0.15) is 0 Å². The lowest BCUT2D eigenvalue weighted by Gasteiger charge is -2.14. The van der Waals surface area contributed by atoms with Crippen LogP contribution >= 0.6 is 23.2 Å². The van der Waals surface area contributed by atoms with Crippen LogP contribution in [0.4, 0.5) is 0 Å². The van der Waals surface area contributed by atoms with Gasteiger partial charge < -0.3 is 5.32 Å². The number of amides is 1. The smallest absolute Gasteiger partial charge is 0.223 e. The fraction of sp³-hybridized carbons (Fsp3) is 0.417. The Bertz CT molecular complexity index is 415. The third kappa shape index (κ3) is 2.69. The Kier molecular flexibility index (Phi) is 3.41. The van der Waals surface area contributed by atoms with Crippen LogP contribution in [0.15, 0.2) is 18.2 Å². The quantitative estimate of drug-likeness (QED) is 0.882. The number of nitrogens with one attached hydrogen (secondary N) is 1. The highest BCUT2D eigenvalue weighted by Gasteiger charge is 2.30. The highest BCUT2D eigenvalue weighted by Crippen LogP contribution is 2.30. The van der Waals surface area contributed by atoms with E-state index in [2.05, 4.69) is 5.32 Å². The number of hydrogen-bond acceptors (Lipinski definition) is 1. The van der Waals surface area contributed by atoms with Crippen molar-refractivity contribution in [2.24, 2.45) is 5.92 Å². The van der Waals surface area contributed by atoms with E-state index < -0.39 is 0 Å². The summed E-state index contributed by atoms with van der Waals surface area (Å²) in [6.07, 6.45) is 2.03. The zero-order chi connectivity index (χ0) is 11.7. The Morgan fingerprint density at radius 3 is 2.62 bits per heavy atom. The molecule has 1 aromatic rings. The monoisotopic (exact) mass is 257 g/mol. The van der Waals surface area contributed by atoms with Gasteiger partial charge in [0.25, 0.3) is 0 Å². The molecule has 1 saturated carbocycles. The minimum absolute atomic E-state index is 0.0251. The van der Waals surface area contributed by atoms with Crippen LogP contribution in [0.2, 0.25) is 10.0 Å². The lowest BCUT2D eigenvalue weighted by atomic mass is 10.1. The maximum Gasteiger partial charge on any atom is 0.223 e. The van der Waals surface area contributed by atoms with Crippen LogP contribution in [0, 0.1) is 5.92 Å². The van der Waals surface area contributed by atoms with Gasteiger partial charge in [0.2, 0.25) is 5.91 Å². The molecule has 2 rings (SSSR count). The van der Waals surface area contributed by atoms with Gasteiger partial charge in [-0.1, -0.05) is 29.3 Å². The molecule has 1 fully saturated rings. The van der Waals surface area contributed by atoms with Gasteiger partial charge in [0.15, 0.2) is 0 Å². The minimum Gasteiger partial charge on any atom is -0.349 e. The second kappa shape index (κ2) is 4.64. The highest BCUT2D eigenvalue weighted by atomic mass is 35.5. The summed E-state index contributed by atoms with van der Waals surface area (Å²) in [5.74, 6) is 0.365. The highest BCUT2D eigenvalue weighted by molar-refractivity contribution is 6.42. The van der Waals surface area contributed by atoms with Gasteiger partial charge in [0, 0.05) is 5.92 Å². The predicted octanol–water partition coefficient (Wildman–Crippen LogP) is 3.58. The number of carbonyl (C=O) groups excluding carboxylic acids is 1. The Morgan fingerprint density at radius 1 is 1.38 bits per heavy atom. The number of carbonyl (C=O) groups is 1. The molecule has 86 valence electrons. The first-order valence-corrected chi connectivity index (χ1v) is 6.09. The van der Waals surface area contributed by atoms with Crippen LogP contribution in [0.3, 0.4) is 0 Å². The van der Waals surface area contributed by atoms with Gasteiger partial charge in [0.05, 0.1) is 16.1 Å². The molecular weight excluding hydrogens is 245 g/mol. The van der Waals surface area contributed by atoms with Crippen molar-refractivity contribution < 1.29 is 4.79 Å². The summed E-state index contributed by atoms with van der Waals surface area (Å²) in [5.41, 5.74) is 0.975. The fourth-order valence-electron chi connectivity index (χ4n) is 1.54. The molecule has 4 heteroatoms. The molecule has 0 radical (unpaired) electrons. The summed E-state index contributed by atoms with van der Waals surface area (Å²) in [5, 5.41) is 4.02. The van der Waals surface area contributed by atoms with E-state index in [1.165, 1.54) is 0 Å². The van der Waals surface area contributed by atoms with Gasteiger partial charge in [-0.2, -0.15) is 0 Å². The summed E-state index contributed by atoms with van der Waals surface area (Å²) < 4.78 is 0. The van der Waals surface area contributed by atoms with Crippen molar-refractivity contribution in [1.29, 1.82) is 0 Å². The van der Waals surface area contributed by atoms with Crippen LogP contribution in [-0.2, 0) is 4.79 Å². The SMILES string of the molecule is C[C@@H](NC(=O)C1CC1)c1ccc(Cl)c(Cl)c1. The van der Waals surface area contributed by atoms with E-state index in [0.717, 1.165) is 18.4 Å². The number of rotatable bonds is 3. The average Bonchev–Trinajstić information content (AvgIpc) is 3.05. The summed E-state index contributed by atoms with van der Waals surface area (Å²) in [4.78, 5) is 11.6. The summed E-state index contributed by atoms with van der Waals surface area (Å²) in [7, 11) is 0. The van der Waals surface area contributed by atoms with Gasteiger partial charge >= 0.3 is 0 Å². The van der Waals surface area contributed by atoms with E-state index in [1.54, 1.807) is 12.1 Å². The second-order valence-corrected chi connectivity index (χ2v) is 4.99. The van der Waals surface area contributed by atoms with E-state index in [1.807, 2.05) is 13.0 Å². The van der Waals surface area contributed by atoms with E-state index in [4.69, 9.17) is 23.2 Å². The van der Waals surface area contributed by atoms with E-state index in [-0.39, 0.29) is 17.9 Å². The number of benzene rings is 1. The van der Waals surface area contributed by atoms with Crippen LogP contribution in [-0.4, -0.2) is 5.91 Å². The summed E-state index contributed by atoms with van der Waals surface area (Å²) in [6.45, 7) is 1.94. The lowest BCUT2D eigenvalue weighted by Crippen LogP contribution is -2.27. The Balaban J connectivity index is 2.04. The van der Waals surface area contributed by atoms with Crippen molar-refractivity contribution in [3.05, 3.63) is 33.8 Å². The molecule has 0 unspecified atom stereocenters. The molecule has 1 amide bonds. The molecule has 0 bridgehead atoms. The van der Waals surface area contributed by atoms with E-state index in [0.29, 0.717) is 10.0 Å². The molecule has 1 aromatic carbocycles. The topological polar surface area (TPSA) is 29.1 Å². The fourth-order valence-corrected chi connectivity index (χ4v) is 1.85. The van der Waals surface area contributed by atoms with Crippen LogP contribution in [0.25, 0.3) is 0 Å². The van der Waals surface area contributed by atoms with Gasteiger partial charge in [-0.05, 0) is 37.5 Å². The molecule has 0 aromatic heterocycles. The van der Waals surface area contributed by atoms with Crippen LogP contribution in [0.5, 0.6) is 0 Å². The zero-order valence-electron chi connectivity index (χ0n) is 8.97. The second-order valence-electron chi connectivity index (χ2n) is 4.18. The zero-order valence-corrected chi connectivity index (χ0v) is 10.5. The summed E-state index contributed by atoms with van der Waals surface area (Å²) >= 11 is 11.8. The molecule has 1 aliphatic carbocycles. The summed E-state index contributed by atoms with van der Waals surface area (Å²) in [6, 6.07) is 5.40. The van der Waals surface area contributed by atoms with Crippen molar-refractivity contribution in [3.8, 4) is 0 Å². The first-order valence-electron chi connectivity index (χ1n) is 5.33. The molecule has 2 nitrogen and oxygen atoms in total. The Labute approximate surface area is 105 Å².